The van der Waals surface area contributed by atoms with Gasteiger partial charge in [0.15, 0.2) is 0 Å². The third-order valence-corrected chi connectivity index (χ3v) is 31.3. The van der Waals surface area contributed by atoms with Crippen LogP contribution in [0.5, 0.6) is 0 Å². The average molecular weight is 2070 g/mol. The number of rotatable bonds is 22. The predicted molar refractivity (Wildman–Crippen MR) is 628 cm³/mol. The van der Waals surface area contributed by atoms with Crippen molar-refractivity contribution >= 4 is 35.9 Å². The molecule has 0 bridgehead atoms. The molecule has 0 radical (unpaired) electrons. The van der Waals surface area contributed by atoms with Gasteiger partial charge in [0.25, 0.3) is 5.91 Å². The molecule has 0 unspecified atom stereocenters. The molecule has 860 valence electrons. The number of pyridine rings is 1. The molecule has 0 spiro atoms. The van der Waals surface area contributed by atoms with Crippen LogP contribution >= 0.6 is 0 Å². The van der Waals surface area contributed by atoms with Crippen molar-refractivity contribution in [3.63, 3.8) is 0 Å². The van der Waals surface area contributed by atoms with Gasteiger partial charge in [-0.2, -0.15) is 0 Å². The second-order valence-electron chi connectivity index (χ2n) is 61.7. The first kappa shape index (κ1) is 136. The maximum absolute atomic E-state index is 12.1. The summed E-state index contributed by atoms with van der Waals surface area (Å²) in [5.74, 6) is 9.53. The lowest BCUT2D eigenvalue weighted by Crippen LogP contribution is -2.48. The average Bonchev–Trinajstić information content (AvgIpc) is 0.834. The van der Waals surface area contributed by atoms with Crippen LogP contribution in [0, 0.1) is 119 Å². The molecule has 11 fully saturated rings. The molecule has 11 aliphatic rings. The Labute approximate surface area is 908 Å². The maximum atomic E-state index is 12.1. The van der Waals surface area contributed by atoms with Crippen molar-refractivity contribution < 1.29 is 33.5 Å². The minimum absolute atomic E-state index is 0.0169. The third-order valence-electron chi connectivity index (χ3n) is 31.3. The zero-order chi connectivity index (χ0) is 112. The summed E-state index contributed by atoms with van der Waals surface area (Å²) < 4.78 is 5.45. The summed E-state index contributed by atoms with van der Waals surface area (Å²) in [5, 5.41) is 27.6. The fourth-order valence-electron chi connectivity index (χ4n) is 25.0. The van der Waals surface area contributed by atoms with Gasteiger partial charge in [-0.3, -0.25) is 19.4 Å². The Morgan fingerprint density at radius 2 is 0.585 bits per heavy atom. The number of nitrogens with two attached hydrogens (primary N) is 2. The number of urea groups is 2. The Morgan fingerprint density at radius 3 is 0.816 bits per heavy atom. The van der Waals surface area contributed by atoms with Crippen molar-refractivity contribution in [3.8, 4) is 0 Å². The van der Waals surface area contributed by atoms with Gasteiger partial charge in [0.05, 0.1) is 0 Å². The first-order chi connectivity index (χ1) is 67.5. The zero-order valence-corrected chi connectivity index (χ0v) is 104. The van der Waals surface area contributed by atoms with Crippen molar-refractivity contribution in [2.45, 2.75) is 591 Å². The summed E-state index contributed by atoms with van der Waals surface area (Å²) >= 11 is 0. The Morgan fingerprint density at radius 1 is 0.327 bits per heavy atom. The lowest BCUT2D eigenvalue weighted by molar-refractivity contribution is -0.128. The molecule has 11 saturated carbocycles. The quantitative estimate of drug-likeness (QED) is 0.0517. The van der Waals surface area contributed by atoms with Crippen LogP contribution in [-0.2, 0) is 14.3 Å². The van der Waals surface area contributed by atoms with Gasteiger partial charge in [0.1, 0.15) is 11.3 Å². The number of nitrogens with one attached hydrogen (secondary N) is 9. The summed E-state index contributed by atoms with van der Waals surface area (Å²) in [4.78, 5) is 75.1. The minimum Gasteiger partial charge on any atom is -0.444 e. The Bertz CT molecular complexity index is 3590. The highest BCUT2D eigenvalue weighted by Gasteiger charge is 2.40. The van der Waals surface area contributed by atoms with Gasteiger partial charge >= 0.3 is 18.2 Å². The number of nitrogens with zero attached hydrogens (tertiary/aromatic N) is 2. The zero-order valence-electron chi connectivity index (χ0n) is 104. The van der Waals surface area contributed by atoms with E-state index in [4.69, 9.17) is 16.2 Å². The molecule has 1 aromatic rings. The summed E-state index contributed by atoms with van der Waals surface area (Å²) in [6.07, 6.45) is 55.8. The van der Waals surface area contributed by atoms with Crippen LogP contribution < -0.4 is 59.3 Å². The van der Waals surface area contributed by atoms with Crippen molar-refractivity contribution in [1.82, 2.24) is 57.7 Å². The number of carbonyl (C=O) groups is 6. The highest BCUT2D eigenvalue weighted by molar-refractivity contribution is 5.92. The monoisotopic (exact) mass is 2060 g/mol. The third kappa shape index (κ3) is 68.3. The maximum Gasteiger partial charge on any atom is 0.410 e. The largest absolute Gasteiger partial charge is 0.444 e. The van der Waals surface area contributed by atoms with E-state index < -0.39 is 5.60 Å². The molecule has 1 aromatic heterocycles. The summed E-state index contributed by atoms with van der Waals surface area (Å²) in [7, 11) is 6.06. The molecule has 11 aliphatic carbocycles. The Balaban J connectivity index is 0.000000423. The molecule has 8 amide bonds. The minimum atomic E-state index is -0.408. The van der Waals surface area contributed by atoms with Crippen molar-refractivity contribution in [1.29, 1.82) is 0 Å². The number of hydrogen-bond acceptors (Lipinski definition) is 12. The van der Waals surface area contributed by atoms with E-state index in [9.17, 15) is 28.8 Å². The van der Waals surface area contributed by atoms with Gasteiger partial charge in [0, 0.05) is 99.6 Å². The topological polar surface area (TPSA) is 288 Å². The van der Waals surface area contributed by atoms with Gasteiger partial charge in [0.2, 0.25) is 11.8 Å². The molecule has 0 atom stereocenters. The molecule has 147 heavy (non-hydrogen) atoms. The van der Waals surface area contributed by atoms with Crippen molar-refractivity contribution in [3.05, 3.63) is 30.1 Å². The first-order valence-corrected chi connectivity index (χ1v) is 60.2. The van der Waals surface area contributed by atoms with Gasteiger partial charge in [-0.1, -0.05) is 220 Å². The van der Waals surface area contributed by atoms with Crippen LogP contribution in [0.25, 0.3) is 0 Å². The molecule has 13 N–H and O–H groups in total. The van der Waals surface area contributed by atoms with Crippen LogP contribution in [0.15, 0.2) is 24.4 Å². The molecule has 1 heterocycles. The lowest BCUT2D eigenvalue weighted by atomic mass is 9.71. The molecular formula is C127H245N13O7. The summed E-state index contributed by atoms with van der Waals surface area (Å²) in [6, 6.07) is 10.5. The van der Waals surface area contributed by atoms with Gasteiger partial charge in [-0.25, -0.2) is 14.4 Å². The van der Waals surface area contributed by atoms with E-state index in [0.29, 0.717) is 133 Å². The van der Waals surface area contributed by atoms with E-state index in [-0.39, 0.29) is 30.0 Å². The van der Waals surface area contributed by atoms with E-state index in [1.807, 2.05) is 53.8 Å². The van der Waals surface area contributed by atoms with Crippen LogP contribution in [-0.4, -0.2) is 146 Å². The lowest BCUT2D eigenvalue weighted by Gasteiger charge is -2.39. The Kier molecular flexibility index (Phi) is 59.4. The molecule has 20 heteroatoms. The molecule has 0 aliphatic heterocycles. The Hall–Kier alpha value is -4.79. The fourth-order valence-corrected chi connectivity index (χ4v) is 25.0. The second kappa shape index (κ2) is 64.0. The van der Waals surface area contributed by atoms with E-state index in [1.165, 1.54) is 212 Å². The van der Waals surface area contributed by atoms with Crippen LogP contribution in [0.3, 0.4) is 0 Å². The smallest absolute Gasteiger partial charge is 0.410 e. The van der Waals surface area contributed by atoms with Crippen molar-refractivity contribution in [2.24, 2.45) is 131 Å². The highest BCUT2D eigenvalue weighted by Crippen LogP contribution is 2.45. The number of carbonyl (C=O) groups excluding carboxylic acids is 6. The van der Waals surface area contributed by atoms with Crippen molar-refractivity contribution in [2.75, 3.05) is 34.2 Å². The SMILES string of the molecule is CC(=O)NC1CC(CC(C)(C)C)C1.CC(C)(C)CC1CC(N)C1.CC(C)(C)CC1CC(N)C1.CC(C)(C)CC1CCC(NC(=O)C2CCC2)CC1.CC(C)(C)CC1CCC(NC(=O)c2ccccn2)CC1.CCNC(=O)NC1CC(CC(C)(C)C)C1.CCNC(=O)NC1CC(CC(C)(C)C)C1.CN(C(=O)OC(C)(C)C)C1CCC(CC(C)(C)C)CC1.CNC1CCC(CC(C)(C)C)CC1.CNC1CCC(CC(C)(C)C)CC1. The van der Waals surface area contributed by atoms with Crippen LogP contribution in [0.4, 0.5) is 14.4 Å². The van der Waals surface area contributed by atoms with Gasteiger partial charge < -0.3 is 69.0 Å². The number of aromatic nitrogens is 1. The highest BCUT2D eigenvalue weighted by atomic mass is 16.6. The normalized spacial score (nSPS) is 27.8. The molecule has 12 rings (SSSR count). The molecule has 0 aromatic carbocycles. The molecule has 20 nitrogen and oxygen atoms in total. The first-order valence-electron chi connectivity index (χ1n) is 60.2. The summed E-state index contributed by atoms with van der Waals surface area (Å²) in [5.41, 5.74) is 16.1. The van der Waals surface area contributed by atoms with E-state index >= 15 is 0 Å². The van der Waals surface area contributed by atoms with Gasteiger partial charge in [-0.05, 0) is 444 Å². The molecule has 0 saturated heterocycles. The summed E-state index contributed by atoms with van der Waals surface area (Å²) in [6.45, 7) is 81.9. The predicted octanol–water partition coefficient (Wildman–Crippen LogP) is 30.7. The van der Waals surface area contributed by atoms with Crippen LogP contribution in [0.1, 0.15) is 536 Å². The van der Waals surface area contributed by atoms with Gasteiger partial charge in [-0.15, -0.1) is 0 Å². The fraction of sp³-hybridized carbons (Fsp3) is 0.913. The van der Waals surface area contributed by atoms with E-state index in [2.05, 4.69) is 275 Å². The van der Waals surface area contributed by atoms with E-state index in [1.54, 1.807) is 24.1 Å². The van der Waals surface area contributed by atoms with E-state index in [0.717, 1.165) is 135 Å². The number of amides is 8. The standard InChI is InChI=1S/C17H26N2O.C17H33NO2.C16H29NO.2C12H24N2O.2C12H25N.C11H21NO.2C9H19N/c1-17(2,3)12-13-7-9-14(10-8-13)19-16(20)15-6-4-5-11-18-15;1-16(2,3)12-13-8-10-14(11-9-13)18(7)15(19)20-17(4,5)6;1-16(2,3)11-12-7-9-14(10-8-12)17-15(18)13-5-4-6-13;2*1-5-13-11(15)14-10-6-9(7-10)8-12(2,3)4;2*1-12(2,3)9-10-5-7-11(13-4)8-6-10;1-8(13)12-10-5-9(6-10)7-11(2,3)4;2*1-9(2,3)6-7-4-8(10)5-7/h4-6,11,13-14H,7-10,12H2,1-3H3,(H,19,20);13-14H,8-12H2,1-7H3;12-14H,4-11H2,1-3H3,(H,17,18);2*9-10H,5-8H2,1-4H3,(H2,13,14,15);2*10-11,13H,5-9H2,1-4H3;9-10H,5-7H2,1-4H3,(H,12,13);2*7-8H,4-6,10H2,1-3H3. The number of ether oxygens (including phenoxy) is 1. The molecular weight excluding hydrogens is 1820 g/mol. The van der Waals surface area contributed by atoms with Crippen LogP contribution in [0.2, 0.25) is 0 Å². The second-order valence-corrected chi connectivity index (χ2v) is 61.7. The number of hydrogen-bond donors (Lipinski definition) is 11.